The molecule has 0 atom stereocenters. The molecule has 0 radical (unpaired) electrons. The molecule has 0 amide bonds. The van der Waals surface area contributed by atoms with Crippen LogP contribution in [0.3, 0.4) is 0 Å². The van der Waals surface area contributed by atoms with Gasteiger partial charge in [-0.2, -0.15) is 0 Å². The number of aryl methyl sites for hydroxylation is 1. The first-order valence-corrected chi connectivity index (χ1v) is 8.86. The van der Waals surface area contributed by atoms with Crippen molar-refractivity contribution in [3.05, 3.63) is 45.9 Å². The van der Waals surface area contributed by atoms with E-state index in [0.29, 0.717) is 24.8 Å². The SMILES string of the molecule is CCCN1CN(c2ccc(OCC)cc2)c2nc(C)c(C)c(=O)n2C1. The van der Waals surface area contributed by atoms with Gasteiger partial charge in [-0.1, -0.05) is 6.92 Å². The van der Waals surface area contributed by atoms with Gasteiger partial charge in [-0.05, 0) is 51.5 Å². The Morgan fingerprint density at radius 1 is 1.12 bits per heavy atom. The maximum absolute atomic E-state index is 12.7. The van der Waals surface area contributed by atoms with Gasteiger partial charge in [0.05, 0.1) is 19.9 Å². The minimum atomic E-state index is 0.0410. The fourth-order valence-corrected chi connectivity index (χ4v) is 3.13. The quantitative estimate of drug-likeness (QED) is 0.836. The van der Waals surface area contributed by atoms with Crippen molar-refractivity contribution in [3.8, 4) is 5.75 Å². The number of hydrogen-bond donors (Lipinski definition) is 0. The average molecular weight is 342 g/mol. The highest BCUT2D eigenvalue weighted by atomic mass is 16.5. The first-order chi connectivity index (χ1) is 12.0. The van der Waals surface area contributed by atoms with Crippen LogP contribution in [0.4, 0.5) is 11.6 Å². The fourth-order valence-electron chi connectivity index (χ4n) is 3.13. The van der Waals surface area contributed by atoms with E-state index in [2.05, 4.69) is 16.7 Å². The van der Waals surface area contributed by atoms with Gasteiger partial charge in [-0.3, -0.25) is 19.2 Å². The summed E-state index contributed by atoms with van der Waals surface area (Å²) >= 11 is 0. The lowest BCUT2D eigenvalue weighted by Gasteiger charge is -2.38. The summed E-state index contributed by atoms with van der Waals surface area (Å²) in [6.07, 6.45) is 1.04. The zero-order valence-electron chi connectivity index (χ0n) is 15.5. The molecule has 1 aromatic heterocycles. The minimum Gasteiger partial charge on any atom is -0.494 e. The standard InChI is InChI=1S/C19H26N4O2/c1-5-11-21-12-22(16-7-9-17(10-8-16)25-6-2)19-20-15(4)14(3)18(24)23(19)13-21/h7-10H,5-6,11-13H2,1-4H3. The van der Waals surface area contributed by atoms with Crippen LogP contribution in [0.15, 0.2) is 29.1 Å². The lowest BCUT2D eigenvalue weighted by molar-refractivity contribution is 0.198. The molecule has 0 unspecified atom stereocenters. The Morgan fingerprint density at radius 2 is 1.84 bits per heavy atom. The van der Waals surface area contributed by atoms with Crippen LogP contribution in [-0.4, -0.2) is 34.3 Å². The molecular formula is C19H26N4O2. The van der Waals surface area contributed by atoms with E-state index < -0.39 is 0 Å². The molecule has 0 bridgehead atoms. The summed E-state index contributed by atoms with van der Waals surface area (Å²) in [4.78, 5) is 21.8. The number of fused-ring (bicyclic) bond motifs is 1. The van der Waals surface area contributed by atoms with Gasteiger partial charge in [0.25, 0.3) is 5.56 Å². The summed E-state index contributed by atoms with van der Waals surface area (Å²) < 4.78 is 7.31. The second-order valence-corrected chi connectivity index (χ2v) is 6.39. The number of rotatable bonds is 5. The Balaban J connectivity index is 2.05. The van der Waals surface area contributed by atoms with Crippen LogP contribution in [-0.2, 0) is 6.67 Å². The van der Waals surface area contributed by atoms with E-state index in [1.54, 1.807) is 4.57 Å². The maximum Gasteiger partial charge on any atom is 0.259 e. The molecule has 25 heavy (non-hydrogen) atoms. The number of benzene rings is 1. The Hall–Kier alpha value is -2.34. The number of aromatic nitrogens is 2. The zero-order valence-corrected chi connectivity index (χ0v) is 15.5. The van der Waals surface area contributed by atoms with Crippen molar-refractivity contribution in [2.45, 2.75) is 40.8 Å². The van der Waals surface area contributed by atoms with Crippen molar-refractivity contribution < 1.29 is 4.74 Å². The third-order valence-electron chi connectivity index (χ3n) is 4.54. The van der Waals surface area contributed by atoms with Crippen molar-refractivity contribution in [2.24, 2.45) is 0 Å². The van der Waals surface area contributed by atoms with Gasteiger partial charge < -0.3 is 4.74 Å². The second kappa shape index (κ2) is 7.27. The lowest BCUT2D eigenvalue weighted by Crippen LogP contribution is -2.48. The Kier molecular flexibility index (Phi) is 5.08. The van der Waals surface area contributed by atoms with Gasteiger partial charge in [0.2, 0.25) is 5.95 Å². The highest BCUT2D eigenvalue weighted by Gasteiger charge is 2.26. The van der Waals surface area contributed by atoms with Gasteiger partial charge in [0.1, 0.15) is 5.75 Å². The van der Waals surface area contributed by atoms with E-state index in [1.165, 1.54) is 0 Å². The molecule has 2 aromatic rings. The highest BCUT2D eigenvalue weighted by molar-refractivity contribution is 5.59. The van der Waals surface area contributed by atoms with Crippen LogP contribution in [0.25, 0.3) is 0 Å². The molecule has 1 aromatic carbocycles. The minimum absolute atomic E-state index is 0.0410. The van der Waals surface area contributed by atoms with Crippen LogP contribution in [0.5, 0.6) is 5.75 Å². The third-order valence-corrected chi connectivity index (χ3v) is 4.54. The first kappa shape index (κ1) is 17.5. The Bertz CT molecular complexity index is 798. The Morgan fingerprint density at radius 3 is 2.48 bits per heavy atom. The largest absolute Gasteiger partial charge is 0.494 e. The van der Waals surface area contributed by atoms with E-state index >= 15 is 0 Å². The second-order valence-electron chi connectivity index (χ2n) is 6.39. The molecule has 0 aliphatic carbocycles. The summed E-state index contributed by atoms with van der Waals surface area (Å²) in [5.41, 5.74) is 2.55. The maximum atomic E-state index is 12.7. The number of ether oxygens (including phenoxy) is 1. The molecule has 1 aliphatic heterocycles. The first-order valence-electron chi connectivity index (χ1n) is 8.86. The Labute approximate surface area is 148 Å². The van der Waals surface area contributed by atoms with E-state index in [-0.39, 0.29) is 5.56 Å². The molecule has 0 saturated carbocycles. The zero-order chi connectivity index (χ0) is 18.0. The molecule has 2 heterocycles. The molecule has 6 nitrogen and oxygen atoms in total. The molecule has 0 N–H and O–H groups in total. The molecule has 6 heteroatoms. The molecule has 0 spiro atoms. The van der Waals surface area contributed by atoms with Crippen molar-refractivity contribution in [2.75, 3.05) is 24.7 Å². The van der Waals surface area contributed by atoms with Crippen LogP contribution in [0, 0.1) is 13.8 Å². The normalized spacial score (nSPS) is 14.5. The van der Waals surface area contributed by atoms with Crippen molar-refractivity contribution in [1.29, 1.82) is 0 Å². The summed E-state index contributed by atoms with van der Waals surface area (Å²) in [6, 6.07) is 7.96. The fraction of sp³-hybridized carbons (Fsp3) is 0.474. The molecular weight excluding hydrogens is 316 g/mol. The van der Waals surface area contributed by atoms with E-state index in [4.69, 9.17) is 9.72 Å². The van der Waals surface area contributed by atoms with Gasteiger partial charge >= 0.3 is 0 Å². The van der Waals surface area contributed by atoms with Crippen molar-refractivity contribution >= 4 is 11.6 Å². The van der Waals surface area contributed by atoms with Crippen LogP contribution in [0.2, 0.25) is 0 Å². The molecule has 0 fully saturated rings. The van der Waals surface area contributed by atoms with E-state index in [0.717, 1.165) is 36.8 Å². The number of nitrogens with zero attached hydrogens (tertiary/aromatic N) is 4. The van der Waals surface area contributed by atoms with Gasteiger partial charge in [0, 0.05) is 23.5 Å². The van der Waals surface area contributed by atoms with Crippen LogP contribution >= 0.6 is 0 Å². The van der Waals surface area contributed by atoms with Crippen molar-refractivity contribution in [1.82, 2.24) is 14.5 Å². The molecule has 0 saturated heterocycles. The monoisotopic (exact) mass is 342 g/mol. The van der Waals surface area contributed by atoms with E-state index in [9.17, 15) is 4.79 Å². The van der Waals surface area contributed by atoms with Crippen molar-refractivity contribution in [3.63, 3.8) is 0 Å². The summed E-state index contributed by atoms with van der Waals surface area (Å²) in [6.45, 7) is 10.7. The highest BCUT2D eigenvalue weighted by Crippen LogP contribution is 2.29. The predicted octanol–water partition coefficient (Wildman–Crippen LogP) is 3.04. The molecule has 134 valence electrons. The van der Waals surface area contributed by atoms with E-state index in [1.807, 2.05) is 45.0 Å². The topological polar surface area (TPSA) is 50.6 Å². The summed E-state index contributed by atoms with van der Waals surface area (Å²) in [5.74, 6) is 1.56. The van der Waals surface area contributed by atoms with Gasteiger partial charge in [-0.25, -0.2) is 4.98 Å². The smallest absolute Gasteiger partial charge is 0.259 e. The lowest BCUT2D eigenvalue weighted by atomic mass is 10.2. The summed E-state index contributed by atoms with van der Waals surface area (Å²) in [5, 5.41) is 0. The van der Waals surface area contributed by atoms with Gasteiger partial charge in [0.15, 0.2) is 0 Å². The number of hydrogen-bond acceptors (Lipinski definition) is 5. The van der Waals surface area contributed by atoms with Crippen LogP contribution < -0.4 is 15.2 Å². The average Bonchev–Trinajstić information content (AvgIpc) is 2.61. The van der Waals surface area contributed by atoms with Gasteiger partial charge in [-0.15, -0.1) is 0 Å². The third kappa shape index (κ3) is 3.39. The molecule has 1 aliphatic rings. The predicted molar refractivity (Wildman–Crippen MR) is 99.6 cm³/mol. The molecule has 3 rings (SSSR count). The summed E-state index contributed by atoms with van der Waals surface area (Å²) in [7, 11) is 0. The number of anilines is 2. The van der Waals surface area contributed by atoms with Crippen LogP contribution in [0.1, 0.15) is 31.5 Å².